The van der Waals surface area contributed by atoms with E-state index in [1.54, 1.807) is 0 Å². The Bertz CT molecular complexity index is 223. The van der Waals surface area contributed by atoms with E-state index in [-0.39, 0.29) is 5.60 Å². The third kappa shape index (κ3) is 3.69. The maximum absolute atomic E-state index is 10.7. The van der Waals surface area contributed by atoms with Crippen LogP contribution >= 0.6 is 0 Å². The zero-order valence-corrected chi connectivity index (χ0v) is 11.5. The lowest BCUT2D eigenvalue weighted by Gasteiger charge is -2.39. The van der Waals surface area contributed by atoms with Crippen LogP contribution in [0, 0.1) is 0 Å². The van der Waals surface area contributed by atoms with E-state index in [9.17, 15) is 5.11 Å². The normalized spacial score (nSPS) is 31.1. The topological polar surface area (TPSA) is 23.5 Å². The fourth-order valence-corrected chi connectivity index (χ4v) is 3.65. The van der Waals surface area contributed by atoms with Crippen LogP contribution in [-0.4, -0.2) is 34.7 Å². The smallest absolute Gasteiger partial charge is 0.0774 e. The van der Waals surface area contributed by atoms with Gasteiger partial charge in [0.1, 0.15) is 0 Å². The van der Waals surface area contributed by atoms with Crippen LogP contribution in [0.1, 0.15) is 71.1 Å². The molecule has 2 nitrogen and oxygen atoms in total. The van der Waals surface area contributed by atoms with Crippen LogP contribution in [0.25, 0.3) is 0 Å². The van der Waals surface area contributed by atoms with Gasteiger partial charge in [0.2, 0.25) is 0 Å². The summed E-state index contributed by atoms with van der Waals surface area (Å²) in [5.41, 5.74) is -0.365. The lowest BCUT2D eigenvalue weighted by molar-refractivity contribution is -0.0357. The van der Waals surface area contributed by atoms with Gasteiger partial charge in [-0.05, 0) is 38.6 Å². The molecule has 0 aromatic rings. The molecule has 1 aliphatic carbocycles. The van der Waals surface area contributed by atoms with Gasteiger partial charge in [-0.15, -0.1) is 0 Å². The quantitative estimate of drug-likeness (QED) is 0.816. The molecular formula is C15H29NO. The molecule has 2 heteroatoms. The van der Waals surface area contributed by atoms with Gasteiger partial charge in [-0.2, -0.15) is 0 Å². The molecule has 2 rings (SSSR count). The third-order valence-corrected chi connectivity index (χ3v) is 4.75. The number of likely N-dealkylation sites (tertiary alicyclic amines) is 1. The summed E-state index contributed by atoms with van der Waals surface area (Å²) in [5.74, 6) is 0. The second-order valence-corrected chi connectivity index (χ2v) is 6.17. The van der Waals surface area contributed by atoms with Gasteiger partial charge in [0, 0.05) is 12.6 Å². The summed E-state index contributed by atoms with van der Waals surface area (Å²) < 4.78 is 0. The number of nitrogens with zero attached hydrogens (tertiary/aromatic N) is 1. The average molecular weight is 239 g/mol. The highest BCUT2D eigenvalue weighted by molar-refractivity contribution is 4.88. The summed E-state index contributed by atoms with van der Waals surface area (Å²) in [7, 11) is 0. The van der Waals surface area contributed by atoms with E-state index >= 15 is 0 Å². The van der Waals surface area contributed by atoms with E-state index in [1.807, 2.05) is 0 Å². The Morgan fingerprint density at radius 2 is 1.76 bits per heavy atom. The average Bonchev–Trinajstić information content (AvgIpc) is 2.54. The molecule has 0 bridgehead atoms. The molecule has 100 valence electrons. The molecule has 1 saturated heterocycles. The molecule has 1 saturated carbocycles. The van der Waals surface area contributed by atoms with Gasteiger partial charge >= 0.3 is 0 Å². The van der Waals surface area contributed by atoms with Crippen molar-refractivity contribution in [2.75, 3.05) is 13.1 Å². The van der Waals surface area contributed by atoms with Gasteiger partial charge in [-0.3, -0.25) is 4.90 Å². The largest absolute Gasteiger partial charge is 0.389 e. The van der Waals surface area contributed by atoms with Crippen LogP contribution < -0.4 is 0 Å². The molecule has 1 heterocycles. The highest BCUT2D eigenvalue weighted by Gasteiger charge is 2.33. The predicted octanol–water partition coefficient (Wildman–Crippen LogP) is 3.34. The summed E-state index contributed by atoms with van der Waals surface area (Å²) in [4.78, 5) is 2.60. The standard InChI is InChI=1S/C15H29NO/c1-2-14-9-5-3-8-12-16(14)13-15(17)10-6-4-7-11-15/h14,17H,2-13H2,1H3. The van der Waals surface area contributed by atoms with Crippen molar-refractivity contribution < 1.29 is 5.11 Å². The Balaban J connectivity index is 1.93. The monoisotopic (exact) mass is 239 g/mol. The Kier molecular flexibility index (Phi) is 4.87. The molecule has 0 amide bonds. The van der Waals surface area contributed by atoms with Crippen molar-refractivity contribution in [2.45, 2.75) is 82.8 Å². The minimum absolute atomic E-state index is 0.365. The van der Waals surface area contributed by atoms with Crippen molar-refractivity contribution in [2.24, 2.45) is 0 Å². The summed E-state index contributed by atoms with van der Waals surface area (Å²) in [5, 5.41) is 10.7. The van der Waals surface area contributed by atoms with E-state index < -0.39 is 0 Å². The van der Waals surface area contributed by atoms with Gasteiger partial charge in [-0.1, -0.05) is 39.0 Å². The fourth-order valence-electron chi connectivity index (χ4n) is 3.65. The lowest BCUT2D eigenvalue weighted by Crippen LogP contribution is -2.48. The first-order valence-corrected chi connectivity index (χ1v) is 7.70. The Labute approximate surface area is 106 Å². The highest BCUT2D eigenvalue weighted by Crippen LogP contribution is 2.31. The Morgan fingerprint density at radius 1 is 1.06 bits per heavy atom. The highest BCUT2D eigenvalue weighted by atomic mass is 16.3. The summed E-state index contributed by atoms with van der Waals surface area (Å²) in [6, 6.07) is 0.725. The van der Waals surface area contributed by atoms with E-state index in [0.29, 0.717) is 0 Å². The molecule has 0 radical (unpaired) electrons. The maximum Gasteiger partial charge on any atom is 0.0774 e. The van der Waals surface area contributed by atoms with Crippen LogP contribution in [0.2, 0.25) is 0 Å². The zero-order valence-electron chi connectivity index (χ0n) is 11.5. The third-order valence-electron chi connectivity index (χ3n) is 4.75. The molecule has 1 aliphatic heterocycles. The van der Waals surface area contributed by atoms with Crippen molar-refractivity contribution in [3.05, 3.63) is 0 Å². The molecular weight excluding hydrogens is 210 g/mol. The zero-order chi connectivity index (χ0) is 12.1. The van der Waals surface area contributed by atoms with Gasteiger partial charge < -0.3 is 5.11 Å². The minimum atomic E-state index is -0.365. The minimum Gasteiger partial charge on any atom is -0.389 e. The number of β-amino-alcohol motifs (C(OH)–C–C–N with tert-alkyl or cyclic N) is 1. The SMILES string of the molecule is CCC1CCCCCN1CC1(O)CCCCC1. The van der Waals surface area contributed by atoms with E-state index in [4.69, 9.17) is 0 Å². The van der Waals surface area contributed by atoms with Gasteiger partial charge in [-0.25, -0.2) is 0 Å². The van der Waals surface area contributed by atoms with Crippen molar-refractivity contribution in [1.29, 1.82) is 0 Å². The summed E-state index contributed by atoms with van der Waals surface area (Å²) in [6.07, 6.45) is 12.5. The molecule has 2 aliphatic rings. The molecule has 2 fully saturated rings. The number of rotatable bonds is 3. The molecule has 0 spiro atoms. The first-order chi connectivity index (χ1) is 8.23. The van der Waals surface area contributed by atoms with Gasteiger partial charge in [0.15, 0.2) is 0 Å². The molecule has 0 aromatic carbocycles. The summed E-state index contributed by atoms with van der Waals surface area (Å²) in [6.45, 7) is 4.44. The number of hydrogen-bond acceptors (Lipinski definition) is 2. The Hall–Kier alpha value is -0.0800. The van der Waals surface area contributed by atoms with E-state index in [0.717, 1.165) is 25.4 Å². The van der Waals surface area contributed by atoms with Crippen LogP contribution in [0.5, 0.6) is 0 Å². The first-order valence-electron chi connectivity index (χ1n) is 7.70. The van der Waals surface area contributed by atoms with Crippen molar-refractivity contribution in [3.63, 3.8) is 0 Å². The van der Waals surface area contributed by atoms with Crippen molar-refractivity contribution >= 4 is 0 Å². The second kappa shape index (κ2) is 6.19. The second-order valence-electron chi connectivity index (χ2n) is 6.17. The van der Waals surface area contributed by atoms with Crippen LogP contribution in [0.15, 0.2) is 0 Å². The summed E-state index contributed by atoms with van der Waals surface area (Å²) >= 11 is 0. The number of hydrogen-bond donors (Lipinski definition) is 1. The molecule has 1 N–H and O–H groups in total. The van der Waals surface area contributed by atoms with E-state index in [2.05, 4.69) is 11.8 Å². The fraction of sp³-hybridized carbons (Fsp3) is 1.00. The molecule has 17 heavy (non-hydrogen) atoms. The molecule has 0 aromatic heterocycles. The molecule has 1 atom stereocenters. The van der Waals surface area contributed by atoms with Crippen molar-refractivity contribution in [1.82, 2.24) is 4.90 Å². The van der Waals surface area contributed by atoms with Crippen LogP contribution in [-0.2, 0) is 0 Å². The number of aliphatic hydroxyl groups is 1. The molecule has 1 unspecified atom stereocenters. The van der Waals surface area contributed by atoms with Gasteiger partial charge in [0.25, 0.3) is 0 Å². The first kappa shape index (κ1) is 13.4. The van der Waals surface area contributed by atoms with E-state index in [1.165, 1.54) is 57.9 Å². The lowest BCUT2D eigenvalue weighted by atomic mass is 9.84. The van der Waals surface area contributed by atoms with Crippen LogP contribution in [0.3, 0.4) is 0 Å². The van der Waals surface area contributed by atoms with Gasteiger partial charge in [0.05, 0.1) is 5.60 Å². The Morgan fingerprint density at radius 3 is 2.47 bits per heavy atom. The predicted molar refractivity (Wildman–Crippen MR) is 72.2 cm³/mol. The van der Waals surface area contributed by atoms with Crippen molar-refractivity contribution in [3.8, 4) is 0 Å². The van der Waals surface area contributed by atoms with Crippen LogP contribution in [0.4, 0.5) is 0 Å². The maximum atomic E-state index is 10.7.